The number of hydrogen-bond acceptors (Lipinski definition) is 4. The fourth-order valence-corrected chi connectivity index (χ4v) is 2.13. The van der Waals surface area contributed by atoms with Gasteiger partial charge in [-0.05, 0) is 16.8 Å². The molecule has 1 atom stereocenters. The molecule has 4 nitrogen and oxygen atoms in total. The summed E-state index contributed by atoms with van der Waals surface area (Å²) in [7, 11) is 1.56. The minimum Gasteiger partial charge on any atom is -0.508 e. The van der Waals surface area contributed by atoms with Gasteiger partial charge in [0.05, 0.1) is 12.7 Å². The average Bonchev–Trinajstić information content (AvgIpc) is 2.41. The number of phenols is 1. The van der Waals surface area contributed by atoms with Crippen molar-refractivity contribution in [2.24, 2.45) is 0 Å². The van der Waals surface area contributed by atoms with Crippen molar-refractivity contribution in [1.82, 2.24) is 5.32 Å². The number of aliphatic hydroxyl groups excluding tert-OH is 1. The zero-order valence-electron chi connectivity index (χ0n) is 11.0. The summed E-state index contributed by atoms with van der Waals surface area (Å²) in [5.41, 5.74) is 0.850. The number of methoxy groups -OCH3 is 1. The Hall–Kier alpha value is -1.62. The van der Waals surface area contributed by atoms with Crippen LogP contribution < -0.4 is 5.32 Å². The van der Waals surface area contributed by atoms with Crippen LogP contribution in [0.4, 0.5) is 0 Å². The first-order valence-corrected chi connectivity index (χ1v) is 6.29. The number of nitrogens with one attached hydrogen (secondary N) is 1. The summed E-state index contributed by atoms with van der Waals surface area (Å²) in [5.74, 6) is 0.271. The van der Waals surface area contributed by atoms with Crippen LogP contribution >= 0.6 is 0 Å². The second-order valence-corrected chi connectivity index (χ2v) is 4.52. The first-order chi connectivity index (χ1) is 9.22. The van der Waals surface area contributed by atoms with Crippen LogP contribution in [0.5, 0.6) is 5.75 Å². The van der Waals surface area contributed by atoms with E-state index in [2.05, 4.69) is 5.32 Å². The van der Waals surface area contributed by atoms with Crippen molar-refractivity contribution in [2.45, 2.75) is 12.6 Å². The lowest BCUT2D eigenvalue weighted by Gasteiger charge is -2.13. The minimum atomic E-state index is -0.540. The average molecular weight is 261 g/mol. The lowest BCUT2D eigenvalue weighted by Crippen LogP contribution is -2.29. The van der Waals surface area contributed by atoms with E-state index in [0.717, 1.165) is 16.3 Å². The monoisotopic (exact) mass is 261 g/mol. The van der Waals surface area contributed by atoms with E-state index in [9.17, 15) is 10.2 Å². The smallest absolute Gasteiger partial charge is 0.120 e. The molecule has 0 saturated carbocycles. The molecule has 19 heavy (non-hydrogen) atoms. The molecular weight excluding hydrogens is 242 g/mol. The van der Waals surface area contributed by atoms with E-state index in [1.54, 1.807) is 13.2 Å². The number of rotatable bonds is 6. The van der Waals surface area contributed by atoms with Crippen molar-refractivity contribution in [3.8, 4) is 5.75 Å². The zero-order valence-corrected chi connectivity index (χ0v) is 11.0. The molecule has 0 aromatic heterocycles. The van der Waals surface area contributed by atoms with Gasteiger partial charge in [-0.3, -0.25) is 0 Å². The molecule has 1 unspecified atom stereocenters. The summed E-state index contributed by atoms with van der Waals surface area (Å²) in [5, 5.41) is 24.8. The van der Waals surface area contributed by atoms with Crippen LogP contribution in [0.25, 0.3) is 10.8 Å². The second kappa shape index (κ2) is 6.52. The summed E-state index contributed by atoms with van der Waals surface area (Å²) < 4.78 is 4.86. The van der Waals surface area contributed by atoms with Crippen LogP contribution in [0.15, 0.2) is 36.4 Å². The molecular formula is C15H19NO3. The summed E-state index contributed by atoms with van der Waals surface area (Å²) in [6.45, 7) is 1.24. The van der Waals surface area contributed by atoms with Crippen LogP contribution in [0.3, 0.4) is 0 Å². The van der Waals surface area contributed by atoms with Crippen LogP contribution in [0.2, 0.25) is 0 Å². The molecule has 4 heteroatoms. The van der Waals surface area contributed by atoms with Crippen molar-refractivity contribution in [3.05, 3.63) is 42.0 Å². The van der Waals surface area contributed by atoms with E-state index in [-0.39, 0.29) is 5.75 Å². The molecule has 0 amide bonds. The highest BCUT2D eigenvalue weighted by Gasteiger charge is 2.08. The predicted molar refractivity (Wildman–Crippen MR) is 75.2 cm³/mol. The molecule has 2 rings (SSSR count). The molecule has 3 N–H and O–H groups in total. The van der Waals surface area contributed by atoms with Crippen molar-refractivity contribution in [1.29, 1.82) is 0 Å². The molecule has 0 radical (unpaired) electrons. The van der Waals surface area contributed by atoms with Gasteiger partial charge >= 0.3 is 0 Å². The third kappa shape index (κ3) is 3.44. The number of phenolic OH excluding ortho intramolecular Hbond substituents is 1. The van der Waals surface area contributed by atoms with Gasteiger partial charge in [-0.1, -0.05) is 30.3 Å². The number of hydrogen-bond donors (Lipinski definition) is 3. The highest BCUT2D eigenvalue weighted by Crippen LogP contribution is 2.26. The Bertz CT molecular complexity index is 542. The summed E-state index contributed by atoms with van der Waals surface area (Å²) in [4.78, 5) is 0. The number of benzene rings is 2. The molecule has 0 saturated heterocycles. The van der Waals surface area contributed by atoms with Gasteiger partial charge in [-0.2, -0.15) is 0 Å². The zero-order chi connectivity index (χ0) is 13.7. The maximum atomic E-state index is 9.95. The standard InChI is InChI=1S/C15H19NO3/c1-19-10-12(17)8-16-9-14-13-5-3-2-4-11(13)6-7-15(14)18/h2-7,12,16-18H,8-10H2,1H3. The van der Waals surface area contributed by atoms with Crippen LogP contribution in [-0.2, 0) is 11.3 Å². The number of aliphatic hydroxyl groups is 1. The van der Waals surface area contributed by atoms with E-state index < -0.39 is 6.10 Å². The lowest BCUT2D eigenvalue weighted by molar-refractivity contribution is 0.0644. The second-order valence-electron chi connectivity index (χ2n) is 4.52. The quantitative estimate of drug-likeness (QED) is 0.740. The molecule has 0 spiro atoms. The van der Waals surface area contributed by atoms with E-state index in [4.69, 9.17) is 4.74 Å². The maximum Gasteiger partial charge on any atom is 0.120 e. The van der Waals surface area contributed by atoms with Crippen LogP contribution in [-0.4, -0.2) is 36.6 Å². The summed E-state index contributed by atoms with van der Waals surface area (Å²) in [6, 6.07) is 11.5. The predicted octanol–water partition coefficient (Wildman–Crippen LogP) is 1.64. The van der Waals surface area contributed by atoms with E-state index >= 15 is 0 Å². The molecule has 0 aliphatic heterocycles. The Morgan fingerprint density at radius 3 is 2.79 bits per heavy atom. The molecule has 2 aromatic carbocycles. The van der Waals surface area contributed by atoms with Crippen LogP contribution in [0, 0.1) is 0 Å². The van der Waals surface area contributed by atoms with Gasteiger partial charge in [0.25, 0.3) is 0 Å². The molecule has 2 aromatic rings. The Balaban J connectivity index is 2.09. The number of ether oxygens (including phenoxy) is 1. The molecule has 0 aliphatic carbocycles. The first kappa shape index (κ1) is 13.8. The number of aromatic hydroxyl groups is 1. The van der Waals surface area contributed by atoms with Gasteiger partial charge in [0.1, 0.15) is 5.75 Å². The third-order valence-electron chi connectivity index (χ3n) is 3.06. The first-order valence-electron chi connectivity index (χ1n) is 6.29. The molecule has 0 aliphatic rings. The van der Waals surface area contributed by atoms with Gasteiger partial charge in [-0.15, -0.1) is 0 Å². The molecule has 0 heterocycles. The summed E-state index contributed by atoms with van der Waals surface area (Å²) >= 11 is 0. The summed E-state index contributed by atoms with van der Waals surface area (Å²) in [6.07, 6.45) is -0.540. The number of fused-ring (bicyclic) bond motifs is 1. The van der Waals surface area contributed by atoms with Crippen molar-refractivity contribution >= 4 is 10.8 Å². The minimum absolute atomic E-state index is 0.271. The van der Waals surface area contributed by atoms with E-state index in [1.807, 2.05) is 30.3 Å². The van der Waals surface area contributed by atoms with Gasteiger partial charge in [-0.25, -0.2) is 0 Å². The Kier molecular flexibility index (Phi) is 4.74. The van der Waals surface area contributed by atoms with Crippen molar-refractivity contribution < 1.29 is 14.9 Å². The molecule has 0 fully saturated rings. The van der Waals surface area contributed by atoms with Gasteiger partial charge in [0.15, 0.2) is 0 Å². The molecule has 0 bridgehead atoms. The third-order valence-corrected chi connectivity index (χ3v) is 3.06. The van der Waals surface area contributed by atoms with E-state index in [1.165, 1.54) is 0 Å². The normalized spacial score (nSPS) is 12.7. The Morgan fingerprint density at radius 2 is 2.00 bits per heavy atom. The maximum absolute atomic E-state index is 9.95. The fraction of sp³-hybridized carbons (Fsp3) is 0.333. The lowest BCUT2D eigenvalue weighted by atomic mass is 10.0. The van der Waals surface area contributed by atoms with Crippen molar-refractivity contribution in [2.75, 3.05) is 20.3 Å². The largest absolute Gasteiger partial charge is 0.508 e. The fourth-order valence-electron chi connectivity index (χ4n) is 2.13. The van der Waals surface area contributed by atoms with E-state index in [0.29, 0.717) is 19.7 Å². The Morgan fingerprint density at radius 1 is 1.21 bits per heavy atom. The van der Waals surface area contributed by atoms with Crippen molar-refractivity contribution in [3.63, 3.8) is 0 Å². The van der Waals surface area contributed by atoms with Crippen LogP contribution in [0.1, 0.15) is 5.56 Å². The molecule has 102 valence electrons. The highest BCUT2D eigenvalue weighted by atomic mass is 16.5. The SMILES string of the molecule is COCC(O)CNCc1c(O)ccc2ccccc12. The van der Waals surface area contributed by atoms with Gasteiger partial charge in [0.2, 0.25) is 0 Å². The topological polar surface area (TPSA) is 61.7 Å². The highest BCUT2D eigenvalue weighted by molar-refractivity contribution is 5.87. The van der Waals surface area contributed by atoms with Gasteiger partial charge in [0, 0.05) is 25.8 Å². The Labute approximate surface area is 112 Å². The van der Waals surface area contributed by atoms with Gasteiger partial charge < -0.3 is 20.3 Å².